The van der Waals surface area contributed by atoms with Crippen molar-refractivity contribution in [1.82, 2.24) is 10.6 Å². The Labute approximate surface area is 191 Å². The Kier molecular flexibility index (Phi) is 16.8. The van der Waals surface area contributed by atoms with Crippen molar-refractivity contribution in [2.45, 2.75) is 45.4 Å². The second-order valence-electron chi connectivity index (χ2n) is 7.42. The molecular formula is C24H38N2O6. The van der Waals surface area contributed by atoms with E-state index in [0.29, 0.717) is 65.6 Å². The molecule has 0 fully saturated rings. The summed E-state index contributed by atoms with van der Waals surface area (Å²) in [5.74, 6) is -0.0102. The van der Waals surface area contributed by atoms with Crippen molar-refractivity contribution in [3.05, 3.63) is 35.4 Å². The van der Waals surface area contributed by atoms with Gasteiger partial charge < -0.3 is 29.6 Å². The van der Waals surface area contributed by atoms with Gasteiger partial charge in [-0.25, -0.2) is 0 Å². The third-order valence-electron chi connectivity index (χ3n) is 4.64. The minimum atomic E-state index is -0.0653. The fraction of sp³-hybridized carbons (Fsp3) is 0.625. The standard InChI is InChI=1S/C24H38N2O6/c1-21(28)25-12-15-30-17-19-32-20-18-31-16-13-26-24(29)6-4-2-3-5-22-7-9-23(10-8-22)11-14-27/h7-10,14H,2-6,11-13,15-20H2,1H3,(H,25,28)(H,26,29). The van der Waals surface area contributed by atoms with Gasteiger partial charge in [0, 0.05) is 32.9 Å². The van der Waals surface area contributed by atoms with Crippen LogP contribution in [0.5, 0.6) is 0 Å². The summed E-state index contributed by atoms with van der Waals surface area (Å²) >= 11 is 0. The van der Waals surface area contributed by atoms with E-state index in [-0.39, 0.29) is 11.8 Å². The molecule has 1 aromatic carbocycles. The Balaban J connectivity index is 1.83. The van der Waals surface area contributed by atoms with Crippen LogP contribution in [0.3, 0.4) is 0 Å². The number of ether oxygens (including phenoxy) is 3. The molecule has 0 aliphatic heterocycles. The fourth-order valence-corrected chi connectivity index (χ4v) is 2.92. The van der Waals surface area contributed by atoms with Gasteiger partial charge in [0.15, 0.2) is 0 Å². The quantitative estimate of drug-likeness (QED) is 0.232. The number of nitrogens with one attached hydrogen (secondary N) is 2. The van der Waals surface area contributed by atoms with E-state index in [4.69, 9.17) is 14.2 Å². The van der Waals surface area contributed by atoms with Gasteiger partial charge in [-0.15, -0.1) is 0 Å². The van der Waals surface area contributed by atoms with Gasteiger partial charge >= 0.3 is 0 Å². The number of hydrogen-bond acceptors (Lipinski definition) is 6. The zero-order valence-corrected chi connectivity index (χ0v) is 19.2. The van der Waals surface area contributed by atoms with E-state index in [1.807, 2.05) is 12.1 Å². The number of amides is 2. The van der Waals surface area contributed by atoms with E-state index in [1.165, 1.54) is 12.5 Å². The largest absolute Gasteiger partial charge is 0.377 e. The van der Waals surface area contributed by atoms with Gasteiger partial charge in [0.1, 0.15) is 6.29 Å². The van der Waals surface area contributed by atoms with Crippen molar-refractivity contribution >= 4 is 18.1 Å². The summed E-state index contributed by atoms with van der Waals surface area (Å²) in [6.45, 7) is 5.30. The van der Waals surface area contributed by atoms with Crippen LogP contribution < -0.4 is 10.6 Å². The van der Waals surface area contributed by atoms with Crippen LogP contribution in [0, 0.1) is 0 Å². The summed E-state index contributed by atoms with van der Waals surface area (Å²) in [5.41, 5.74) is 2.30. The Morgan fingerprint density at radius 3 is 1.94 bits per heavy atom. The molecule has 0 heterocycles. The number of rotatable bonds is 20. The smallest absolute Gasteiger partial charge is 0.220 e. The maximum absolute atomic E-state index is 11.8. The molecule has 8 nitrogen and oxygen atoms in total. The van der Waals surface area contributed by atoms with Gasteiger partial charge in [-0.05, 0) is 30.4 Å². The molecule has 0 aliphatic carbocycles. The monoisotopic (exact) mass is 450 g/mol. The molecule has 0 unspecified atom stereocenters. The molecular weight excluding hydrogens is 412 g/mol. The number of benzene rings is 1. The first kappa shape index (κ1) is 27.7. The minimum Gasteiger partial charge on any atom is -0.377 e. The summed E-state index contributed by atoms with van der Waals surface area (Å²) in [6, 6.07) is 8.14. The zero-order valence-electron chi connectivity index (χ0n) is 19.2. The second-order valence-corrected chi connectivity index (χ2v) is 7.42. The Morgan fingerprint density at radius 2 is 1.34 bits per heavy atom. The maximum Gasteiger partial charge on any atom is 0.220 e. The molecule has 0 saturated heterocycles. The highest BCUT2D eigenvalue weighted by Gasteiger charge is 2.01. The predicted molar refractivity (Wildman–Crippen MR) is 123 cm³/mol. The van der Waals surface area contributed by atoms with Crippen LogP contribution in [-0.4, -0.2) is 70.8 Å². The van der Waals surface area contributed by atoms with E-state index >= 15 is 0 Å². The van der Waals surface area contributed by atoms with Crippen LogP contribution in [-0.2, 0) is 41.4 Å². The summed E-state index contributed by atoms with van der Waals surface area (Å²) in [5, 5.41) is 5.51. The van der Waals surface area contributed by atoms with Crippen molar-refractivity contribution in [1.29, 1.82) is 0 Å². The van der Waals surface area contributed by atoms with Crippen LogP contribution in [0.25, 0.3) is 0 Å². The van der Waals surface area contributed by atoms with E-state index < -0.39 is 0 Å². The average Bonchev–Trinajstić information content (AvgIpc) is 2.78. The third kappa shape index (κ3) is 16.4. The fourth-order valence-electron chi connectivity index (χ4n) is 2.92. The highest BCUT2D eigenvalue weighted by atomic mass is 16.5. The number of hydrogen-bond donors (Lipinski definition) is 2. The van der Waals surface area contributed by atoms with Crippen LogP contribution in [0.1, 0.15) is 43.7 Å². The summed E-state index contributed by atoms with van der Waals surface area (Å²) in [4.78, 5) is 33.0. The van der Waals surface area contributed by atoms with Crippen molar-refractivity contribution in [2.24, 2.45) is 0 Å². The molecule has 2 N–H and O–H groups in total. The molecule has 0 bridgehead atoms. The highest BCUT2D eigenvalue weighted by molar-refractivity contribution is 5.75. The van der Waals surface area contributed by atoms with E-state index in [9.17, 15) is 14.4 Å². The summed E-state index contributed by atoms with van der Waals surface area (Å²) in [7, 11) is 0. The number of carbonyl (C=O) groups excluding carboxylic acids is 3. The van der Waals surface area contributed by atoms with Gasteiger partial charge in [-0.2, -0.15) is 0 Å². The normalized spacial score (nSPS) is 10.7. The van der Waals surface area contributed by atoms with Crippen LogP contribution in [0.2, 0.25) is 0 Å². The number of aldehydes is 1. The molecule has 1 aromatic rings. The van der Waals surface area contributed by atoms with Crippen LogP contribution in [0.4, 0.5) is 0 Å². The molecule has 1 rings (SSSR count). The first-order valence-corrected chi connectivity index (χ1v) is 11.4. The Bertz CT molecular complexity index is 636. The number of unbranched alkanes of at least 4 members (excludes halogenated alkanes) is 2. The topological polar surface area (TPSA) is 103 Å². The molecule has 0 aromatic heterocycles. The van der Waals surface area contributed by atoms with Crippen molar-refractivity contribution in [2.75, 3.05) is 52.7 Å². The van der Waals surface area contributed by atoms with E-state index in [2.05, 4.69) is 22.8 Å². The van der Waals surface area contributed by atoms with Crippen molar-refractivity contribution < 1.29 is 28.6 Å². The van der Waals surface area contributed by atoms with Gasteiger partial charge in [0.2, 0.25) is 11.8 Å². The highest BCUT2D eigenvalue weighted by Crippen LogP contribution is 2.10. The van der Waals surface area contributed by atoms with Gasteiger partial charge in [0.25, 0.3) is 0 Å². The lowest BCUT2D eigenvalue weighted by Crippen LogP contribution is -2.27. The molecule has 0 radical (unpaired) electrons. The average molecular weight is 451 g/mol. The molecule has 0 atom stereocenters. The molecule has 8 heteroatoms. The number of aryl methyl sites for hydroxylation is 1. The molecule has 0 spiro atoms. The Morgan fingerprint density at radius 1 is 0.781 bits per heavy atom. The molecule has 2 amide bonds. The summed E-state index contributed by atoms with van der Waals surface area (Å²) in [6.07, 6.45) is 5.83. The molecule has 32 heavy (non-hydrogen) atoms. The minimum absolute atomic E-state index is 0.0551. The van der Waals surface area contributed by atoms with Crippen LogP contribution >= 0.6 is 0 Å². The lowest BCUT2D eigenvalue weighted by Gasteiger charge is -2.08. The Hall–Kier alpha value is -2.29. The lowest BCUT2D eigenvalue weighted by atomic mass is 10.0. The number of carbonyl (C=O) groups is 3. The zero-order chi connectivity index (χ0) is 23.3. The second kappa shape index (κ2) is 19.4. The predicted octanol–water partition coefficient (Wildman–Crippen LogP) is 1.83. The molecule has 180 valence electrons. The van der Waals surface area contributed by atoms with Gasteiger partial charge in [0.05, 0.1) is 39.6 Å². The van der Waals surface area contributed by atoms with E-state index in [0.717, 1.165) is 37.5 Å². The third-order valence-corrected chi connectivity index (χ3v) is 4.64. The maximum atomic E-state index is 11.8. The van der Waals surface area contributed by atoms with Crippen LogP contribution in [0.15, 0.2) is 24.3 Å². The van der Waals surface area contributed by atoms with Gasteiger partial charge in [-0.1, -0.05) is 30.7 Å². The lowest BCUT2D eigenvalue weighted by molar-refractivity contribution is -0.121. The van der Waals surface area contributed by atoms with Crippen molar-refractivity contribution in [3.8, 4) is 0 Å². The first-order valence-electron chi connectivity index (χ1n) is 11.4. The van der Waals surface area contributed by atoms with Crippen molar-refractivity contribution in [3.63, 3.8) is 0 Å². The SMILES string of the molecule is CC(=O)NCCOCCOCCOCCNC(=O)CCCCCc1ccc(CC=O)cc1. The van der Waals surface area contributed by atoms with Gasteiger partial charge in [-0.3, -0.25) is 9.59 Å². The van der Waals surface area contributed by atoms with E-state index in [1.54, 1.807) is 0 Å². The summed E-state index contributed by atoms with van der Waals surface area (Å²) < 4.78 is 16.1. The molecule has 0 saturated carbocycles. The molecule has 0 aliphatic rings. The first-order chi connectivity index (χ1) is 15.6.